The van der Waals surface area contributed by atoms with E-state index in [2.05, 4.69) is 4.99 Å². The molecule has 0 amide bonds. The Hall–Kier alpha value is -1.19. The highest BCUT2D eigenvalue weighted by Crippen LogP contribution is 2.14. The fourth-order valence-corrected chi connectivity index (χ4v) is 0.499. The van der Waals surface area contributed by atoms with Gasteiger partial charge in [-0.3, -0.25) is 5.73 Å². The van der Waals surface area contributed by atoms with E-state index in [0.29, 0.717) is 0 Å². The zero-order valence-corrected chi connectivity index (χ0v) is 6.37. The zero-order valence-electron chi connectivity index (χ0n) is 6.37. The number of hydrogen-bond acceptors (Lipinski definition) is 4. The maximum Gasteiger partial charge on any atom is 0.347 e. The molecule has 1 atom stereocenters. The summed E-state index contributed by atoms with van der Waals surface area (Å²) in [7, 11) is 0. The van der Waals surface area contributed by atoms with Crippen LogP contribution in [0.5, 0.6) is 0 Å². The quantitative estimate of drug-likeness (QED) is 0.436. The van der Waals surface area contributed by atoms with Crippen molar-refractivity contribution in [3.63, 3.8) is 0 Å². The largest absolute Gasteiger partial charge is 0.478 e. The van der Waals surface area contributed by atoms with Gasteiger partial charge >= 0.3 is 5.97 Å². The third-order valence-corrected chi connectivity index (χ3v) is 1.45. The Morgan fingerprint density at radius 3 is 2.27 bits per heavy atom. The number of hydrogen-bond donors (Lipinski definition) is 2. The fourth-order valence-electron chi connectivity index (χ4n) is 0.499. The molecular weight excluding hydrogens is 148 g/mol. The van der Waals surface area contributed by atoms with Gasteiger partial charge in [-0.05, 0) is 0 Å². The average Bonchev–Trinajstić information content (AvgIpc) is 1.87. The first-order chi connectivity index (χ1) is 4.95. The zero-order chi connectivity index (χ0) is 9.07. The summed E-state index contributed by atoms with van der Waals surface area (Å²) in [6.45, 7) is 3.13. The molecule has 5 heteroatoms. The molecular formula is C6H10N2O3. The number of carboxylic acids is 1. The summed E-state index contributed by atoms with van der Waals surface area (Å²) in [5.74, 6) is -1.77. The normalized spacial score (nSPS) is 15.3. The maximum absolute atomic E-state index is 10.5. The van der Waals surface area contributed by atoms with Crippen molar-refractivity contribution >= 4 is 12.0 Å². The molecule has 3 N–H and O–H groups in total. The number of aliphatic imine (C=N–C) groups is 1. The lowest BCUT2D eigenvalue weighted by Crippen LogP contribution is -2.50. The van der Waals surface area contributed by atoms with Gasteiger partial charge in [0.15, 0.2) is 0 Å². The van der Waals surface area contributed by atoms with Crippen LogP contribution in [0.4, 0.5) is 0 Å². The second-order valence-electron chi connectivity index (χ2n) is 2.49. The Labute approximate surface area is 63.9 Å². The molecule has 5 nitrogen and oxygen atoms in total. The monoisotopic (exact) mass is 158 g/mol. The van der Waals surface area contributed by atoms with Gasteiger partial charge < -0.3 is 5.11 Å². The molecule has 0 radical (unpaired) electrons. The Balaban J connectivity index is 4.81. The summed E-state index contributed by atoms with van der Waals surface area (Å²) in [5.41, 5.74) is 3.43. The molecule has 0 aromatic carbocycles. The first kappa shape index (κ1) is 9.81. The van der Waals surface area contributed by atoms with Gasteiger partial charge in [0.05, 0.1) is 0 Å². The van der Waals surface area contributed by atoms with Gasteiger partial charge in [0.1, 0.15) is 0 Å². The van der Waals surface area contributed by atoms with Gasteiger partial charge in [-0.1, -0.05) is 13.8 Å². The van der Waals surface area contributed by atoms with Crippen LogP contribution in [-0.2, 0) is 9.59 Å². The van der Waals surface area contributed by atoms with Crippen LogP contribution in [0.15, 0.2) is 4.99 Å². The van der Waals surface area contributed by atoms with Crippen LogP contribution < -0.4 is 5.73 Å². The van der Waals surface area contributed by atoms with Crippen molar-refractivity contribution in [2.24, 2.45) is 16.6 Å². The molecule has 0 fully saturated rings. The van der Waals surface area contributed by atoms with E-state index < -0.39 is 17.6 Å². The molecule has 0 saturated carbocycles. The van der Waals surface area contributed by atoms with Crippen molar-refractivity contribution in [3.05, 3.63) is 0 Å². The number of aliphatic carboxylic acids is 1. The number of nitrogens with two attached hydrogens (primary N) is 1. The number of carboxylic acid groups (broad SMARTS) is 1. The first-order valence-corrected chi connectivity index (χ1v) is 3.06. The number of nitrogens with zero attached hydrogens (tertiary/aromatic N) is 1. The molecule has 0 aliphatic rings. The summed E-state index contributed by atoms with van der Waals surface area (Å²) in [4.78, 5) is 23.3. The van der Waals surface area contributed by atoms with E-state index in [1.807, 2.05) is 0 Å². The molecule has 0 aliphatic heterocycles. The van der Waals surface area contributed by atoms with Crippen LogP contribution in [0.25, 0.3) is 0 Å². The smallest absolute Gasteiger partial charge is 0.347 e. The Bertz CT molecular complexity index is 204. The number of isocyanates is 1. The van der Waals surface area contributed by atoms with Crippen molar-refractivity contribution in [1.82, 2.24) is 0 Å². The van der Waals surface area contributed by atoms with Crippen molar-refractivity contribution in [2.75, 3.05) is 0 Å². The SMILES string of the molecule is CC(C)[C@@](N)(N=C=O)C(=O)O. The highest BCUT2D eigenvalue weighted by Gasteiger charge is 2.37. The lowest BCUT2D eigenvalue weighted by molar-refractivity contribution is -0.144. The maximum atomic E-state index is 10.5. The Morgan fingerprint density at radius 2 is 2.18 bits per heavy atom. The molecule has 0 bridgehead atoms. The topological polar surface area (TPSA) is 92.8 Å². The standard InChI is InChI=1S/C6H10N2O3/c1-4(2)6(7,5(10)11)8-3-9/h4H,7H2,1-2H3,(H,10,11)/t6-/m1/s1. The minimum Gasteiger partial charge on any atom is -0.478 e. The molecule has 62 valence electrons. The van der Waals surface area contributed by atoms with Crippen LogP contribution in [0.1, 0.15) is 13.8 Å². The first-order valence-electron chi connectivity index (χ1n) is 3.06. The van der Waals surface area contributed by atoms with E-state index in [-0.39, 0.29) is 0 Å². The summed E-state index contributed by atoms with van der Waals surface area (Å²) < 4.78 is 0. The third-order valence-electron chi connectivity index (χ3n) is 1.45. The molecule has 11 heavy (non-hydrogen) atoms. The molecule has 0 saturated heterocycles. The van der Waals surface area contributed by atoms with Gasteiger partial charge in [0, 0.05) is 5.92 Å². The minimum atomic E-state index is -1.83. The molecule has 0 heterocycles. The molecule has 0 aromatic heterocycles. The van der Waals surface area contributed by atoms with E-state index in [1.54, 1.807) is 13.8 Å². The van der Waals surface area contributed by atoms with Crippen LogP contribution >= 0.6 is 0 Å². The average molecular weight is 158 g/mol. The van der Waals surface area contributed by atoms with Gasteiger partial charge in [-0.25, -0.2) is 9.59 Å². The van der Waals surface area contributed by atoms with E-state index in [4.69, 9.17) is 10.8 Å². The fraction of sp³-hybridized carbons (Fsp3) is 0.667. The molecule has 0 aliphatic carbocycles. The lowest BCUT2D eigenvalue weighted by Gasteiger charge is -2.21. The third kappa shape index (κ3) is 1.86. The van der Waals surface area contributed by atoms with Crippen LogP contribution in [0.3, 0.4) is 0 Å². The van der Waals surface area contributed by atoms with Gasteiger partial charge in [0.25, 0.3) is 0 Å². The number of carbonyl (C=O) groups is 1. The van der Waals surface area contributed by atoms with Crippen LogP contribution in [-0.4, -0.2) is 22.8 Å². The summed E-state index contributed by atoms with van der Waals surface area (Å²) >= 11 is 0. The number of rotatable bonds is 3. The van der Waals surface area contributed by atoms with Gasteiger partial charge in [0.2, 0.25) is 11.7 Å². The summed E-state index contributed by atoms with van der Waals surface area (Å²) in [5, 5.41) is 8.54. The van der Waals surface area contributed by atoms with Crippen LogP contribution in [0, 0.1) is 5.92 Å². The van der Waals surface area contributed by atoms with Crippen LogP contribution in [0.2, 0.25) is 0 Å². The second kappa shape index (κ2) is 3.27. The predicted molar refractivity (Wildman–Crippen MR) is 37.5 cm³/mol. The molecule has 0 rings (SSSR count). The number of carbonyl (C=O) groups excluding carboxylic acids is 1. The van der Waals surface area contributed by atoms with Crippen molar-refractivity contribution < 1.29 is 14.7 Å². The predicted octanol–water partition coefficient (Wildman–Crippen LogP) is -0.282. The van der Waals surface area contributed by atoms with E-state index in [1.165, 1.54) is 0 Å². The van der Waals surface area contributed by atoms with Crippen molar-refractivity contribution in [2.45, 2.75) is 19.5 Å². The Kier molecular flexibility index (Phi) is 2.92. The Morgan fingerprint density at radius 1 is 1.73 bits per heavy atom. The summed E-state index contributed by atoms with van der Waals surface area (Å²) in [6, 6.07) is 0. The highest BCUT2D eigenvalue weighted by atomic mass is 16.4. The second-order valence-corrected chi connectivity index (χ2v) is 2.49. The van der Waals surface area contributed by atoms with E-state index in [9.17, 15) is 9.59 Å². The highest BCUT2D eigenvalue weighted by molar-refractivity contribution is 5.79. The van der Waals surface area contributed by atoms with Gasteiger partial charge in [-0.2, -0.15) is 4.99 Å². The van der Waals surface area contributed by atoms with Gasteiger partial charge in [-0.15, -0.1) is 0 Å². The van der Waals surface area contributed by atoms with Crippen molar-refractivity contribution in [1.29, 1.82) is 0 Å². The lowest BCUT2D eigenvalue weighted by atomic mass is 9.98. The van der Waals surface area contributed by atoms with E-state index in [0.717, 1.165) is 6.08 Å². The molecule has 0 spiro atoms. The molecule has 0 unspecified atom stereocenters. The van der Waals surface area contributed by atoms with E-state index >= 15 is 0 Å². The minimum absolute atomic E-state index is 0.443. The summed E-state index contributed by atoms with van der Waals surface area (Å²) in [6.07, 6.45) is 1.14. The van der Waals surface area contributed by atoms with Crippen molar-refractivity contribution in [3.8, 4) is 0 Å². The molecule has 0 aromatic rings.